The van der Waals surface area contributed by atoms with Crippen LogP contribution in [-0.4, -0.2) is 14.1 Å². The van der Waals surface area contributed by atoms with Crippen molar-refractivity contribution in [1.82, 2.24) is 14.1 Å². The van der Waals surface area contributed by atoms with Crippen LogP contribution < -0.4 is 5.73 Å². The summed E-state index contributed by atoms with van der Waals surface area (Å²) < 4.78 is 4.05. The van der Waals surface area contributed by atoms with Gasteiger partial charge in [0.2, 0.25) is 0 Å². The largest absolute Gasteiger partial charge is 0.340 e. The zero-order valence-corrected chi connectivity index (χ0v) is 11.4. The lowest BCUT2D eigenvalue weighted by molar-refractivity contribution is 0.716. The Labute approximate surface area is 116 Å². The van der Waals surface area contributed by atoms with E-state index in [9.17, 15) is 0 Å². The molecule has 3 aromatic rings. The van der Waals surface area contributed by atoms with Crippen molar-refractivity contribution >= 4 is 22.5 Å². The van der Waals surface area contributed by atoms with Crippen molar-refractivity contribution in [3.05, 3.63) is 53.2 Å². The third kappa shape index (κ3) is 2.03. The number of aromatic nitrogens is 3. The van der Waals surface area contributed by atoms with Gasteiger partial charge in [-0.3, -0.25) is 0 Å². The molecule has 4 nitrogen and oxygen atoms in total. The second-order valence-electron chi connectivity index (χ2n) is 4.56. The first-order chi connectivity index (χ1) is 9.20. The lowest BCUT2D eigenvalue weighted by atomic mass is 10.1. The summed E-state index contributed by atoms with van der Waals surface area (Å²) in [7, 11) is 1.92. The van der Waals surface area contributed by atoms with Crippen LogP contribution in [0.5, 0.6) is 0 Å². The van der Waals surface area contributed by atoms with Crippen LogP contribution in [0.1, 0.15) is 11.4 Å². The molecule has 0 atom stereocenters. The molecule has 0 unspecified atom stereocenters. The average Bonchev–Trinajstić information content (AvgIpc) is 2.98. The Morgan fingerprint density at radius 3 is 2.84 bits per heavy atom. The molecule has 0 fully saturated rings. The quantitative estimate of drug-likeness (QED) is 0.798. The van der Waals surface area contributed by atoms with Gasteiger partial charge in [0.15, 0.2) is 0 Å². The molecule has 0 bridgehead atoms. The van der Waals surface area contributed by atoms with E-state index in [1.807, 2.05) is 17.7 Å². The lowest BCUT2D eigenvalue weighted by Gasteiger charge is -2.09. The van der Waals surface area contributed by atoms with Crippen LogP contribution in [0, 0.1) is 0 Å². The molecule has 98 valence electrons. The standard InChI is InChI=1S/C14H15ClN4/c1-18-12(15)8-17-13(18)9-19-6-5-10-3-2-4-11(7-16)14(10)19/h2-6,8H,7,9,16H2,1H3. The molecule has 5 heteroatoms. The minimum Gasteiger partial charge on any atom is -0.340 e. The summed E-state index contributed by atoms with van der Waals surface area (Å²) in [5, 5.41) is 1.84. The number of para-hydroxylation sites is 1. The fourth-order valence-corrected chi connectivity index (χ4v) is 2.51. The number of fused-ring (bicyclic) bond motifs is 1. The van der Waals surface area contributed by atoms with Crippen LogP contribution in [-0.2, 0) is 20.1 Å². The van der Waals surface area contributed by atoms with Crippen LogP contribution in [0.4, 0.5) is 0 Å². The molecule has 0 aliphatic rings. The number of hydrogen-bond donors (Lipinski definition) is 1. The average molecular weight is 275 g/mol. The van der Waals surface area contributed by atoms with Crippen LogP contribution in [0.25, 0.3) is 10.9 Å². The number of halogens is 1. The molecule has 1 aromatic carbocycles. The summed E-state index contributed by atoms with van der Waals surface area (Å²) in [5.74, 6) is 0.925. The van der Waals surface area contributed by atoms with E-state index >= 15 is 0 Å². The van der Waals surface area contributed by atoms with E-state index in [0.29, 0.717) is 18.2 Å². The molecule has 0 radical (unpaired) electrons. The molecule has 0 amide bonds. The van der Waals surface area contributed by atoms with E-state index in [0.717, 1.165) is 11.4 Å². The second-order valence-corrected chi connectivity index (χ2v) is 4.95. The van der Waals surface area contributed by atoms with Gasteiger partial charge in [-0.2, -0.15) is 0 Å². The molecule has 3 rings (SSSR count). The highest BCUT2D eigenvalue weighted by atomic mass is 35.5. The number of benzene rings is 1. The molecule has 0 saturated carbocycles. The highest BCUT2D eigenvalue weighted by Crippen LogP contribution is 2.21. The first kappa shape index (κ1) is 12.3. The second kappa shape index (κ2) is 4.72. The highest BCUT2D eigenvalue weighted by Gasteiger charge is 2.09. The molecule has 0 aliphatic heterocycles. The maximum atomic E-state index is 6.02. The van der Waals surface area contributed by atoms with Gasteiger partial charge >= 0.3 is 0 Å². The first-order valence-electron chi connectivity index (χ1n) is 6.13. The van der Waals surface area contributed by atoms with E-state index < -0.39 is 0 Å². The molecular weight excluding hydrogens is 260 g/mol. The third-order valence-electron chi connectivity index (χ3n) is 3.43. The van der Waals surface area contributed by atoms with Crippen molar-refractivity contribution in [1.29, 1.82) is 0 Å². The van der Waals surface area contributed by atoms with Crippen molar-refractivity contribution in [3.63, 3.8) is 0 Å². The molecule has 2 N–H and O–H groups in total. The number of rotatable bonds is 3. The Kier molecular flexibility index (Phi) is 3.05. The Bertz CT molecular complexity index is 726. The highest BCUT2D eigenvalue weighted by molar-refractivity contribution is 6.29. The van der Waals surface area contributed by atoms with Gasteiger partial charge in [0, 0.05) is 19.8 Å². The monoisotopic (exact) mass is 274 g/mol. The van der Waals surface area contributed by atoms with Gasteiger partial charge < -0.3 is 14.9 Å². The summed E-state index contributed by atoms with van der Waals surface area (Å²) in [6, 6.07) is 8.28. The Morgan fingerprint density at radius 2 is 2.16 bits per heavy atom. The molecule has 2 aromatic heterocycles. The summed E-state index contributed by atoms with van der Waals surface area (Å²) in [4.78, 5) is 4.33. The van der Waals surface area contributed by atoms with Crippen LogP contribution >= 0.6 is 11.6 Å². The number of nitrogens with two attached hydrogens (primary N) is 1. The summed E-state index contributed by atoms with van der Waals surface area (Å²) in [5.41, 5.74) is 8.13. The Hall–Kier alpha value is -1.78. The fraction of sp³-hybridized carbons (Fsp3) is 0.214. The van der Waals surface area contributed by atoms with E-state index in [1.165, 1.54) is 10.9 Å². The Morgan fingerprint density at radius 1 is 1.32 bits per heavy atom. The smallest absolute Gasteiger partial charge is 0.129 e. The van der Waals surface area contributed by atoms with E-state index in [4.69, 9.17) is 17.3 Å². The summed E-state index contributed by atoms with van der Waals surface area (Å²) >= 11 is 6.02. The van der Waals surface area contributed by atoms with Gasteiger partial charge in [0.1, 0.15) is 11.0 Å². The molecule has 0 aliphatic carbocycles. The zero-order valence-electron chi connectivity index (χ0n) is 10.7. The van der Waals surface area contributed by atoms with E-state index in [-0.39, 0.29) is 0 Å². The van der Waals surface area contributed by atoms with Gasteiger partial charge in [-0.1, -0.05) is 29.8 Å². The van der Waals surface area contributed by atoms with Crippen molar-refractivity contribution in [2.75, 3.05) is 0 Å². The van der Waals surface area contributed by atoms with Gasteiger partial charge in [0.25, 0.3) is 0 Å². The first-order valence-corrected chi connectivity index (χ1v) is 6.51. The predicted octanol–water partition coefficient (Wildman–Crippen LogP) is 2.54. The normalized spacial score (nSPS) is 11.3. The molecule has 0 spiro atoms. The van der Waals surface area contributed by atoms with Crippen LogP contribution in [0.2, 0.25) is 5.15 Å². The van der Waals surface area contributed by atoms with Crippen molar-refractivity contribution in [2.24, 2.45) is 12.8 Å². The van der Waals surface area contributed by atoms with Gasteiger partial charge in [-0.25, -0.2) is 4.98 Å². The van der Waals surface area contributed by atoms with Gasteiger partial charge in [-0.15, -0.1) is 0 Å². The third-order valence-corrected chi connectivity index (χ3v) is 3.78. The topological polar surface area (TPSA) is 48.8 Å². The number of imidazole rings is 1. The minimum absolute atomic E-state index is 0.530. The summed E-state index contributed by atoms with van der Waals surface area (Å²) in [6.45, 7) is 1.21. The summed E-state index contributed by atoms with van der Waals surface area (Å²) in [6.07, 6.45) is 3.73. The maximum Gasteiger partial charge on any atom is 0.129 e. The number of nitrogens with zero attached hydrogens (tertiary/aromatic N) is 3. The maximum absolute atomic E-state index is 6.02. The molecule has 19 heavy (non-hydrogen) atoms. The van der Waals surface area contributed by atoms with Crippen molar-refractivity contribution in [3.8, 4) is 0 Å². The van der Waals surface area contributed by atoms with E-state index in [1.54, 1.807) is 6.20 Å². The lowest BCUT2D eigenvalue weighted by Crippen LogP contribution is -2.07. The minimum atomic E-state index is 0.530. The van der Waals surface area contributed by atoms with Crippen molar-refractivity contribution in [2.45, 2.75) is 13.1 Å². The molecular formula is C14H15ClN4. The fourth-order valence-electron chi connectivity index (χ4n) is 2.36. The van der Waals surface area contributed by atoms with Crippen LogP contribution in [0.3, 0.4) is 0 Å². The van der Waals surface area contributed by atoms with Gasteiger partial charge in [0.05, 0.1) is 18.3 Å². The number of hydrogen-bond acceptors (Lipinski definition) is 2. The molecule has 2 heterocycles. The van der Waals surface area contributed by atoms with Gasteiger partial charge in [-0.05, 0) is 17.0 Å². The Balaban J connectivity index is 2.08. The van der Waals surface area contributed by atoms with Crippen LogP contribution in [0.15, 0.2) is 36.7 Å². The molecule has 0 saturated heterocycles. The van der Waals surface area contributed by atoms with E-state index in [2.05, 4.69) is 33.9 Å². The SMILES string of the molecule is Cn1c(Cl)cnc1Cn1ccc2cccc(CN)c21. The predicted molar refractivity (Wildman–Crippen MR) is 77.1 cm³/mol. The van der Waals surface area contributed by atoms with Crippen molar-refractivity contribution < 1.29 is 0 Å². The zero-order chi connectivity index (χ0) is 13.4.